The summed E-state index contributed by atoms with van der Waals surface area (Å²) in [4.78, 5) is 37.7. The number of thioether (sulfide) groups is 1. The van der Waals surface area contributed by atoms with E-state index in [4.69, 9.17) is 4.74 Å². The number of rotatable bonds is 10. The third kappa shape index (κ3) is 7.50. The number of ether oxygens (including phenoxy) is 1. The van der Waals surface area contributed by atoms with E-state index < -0.39 is 29.5 Å². The van der Waals surface area contributed by atoms with Crippen molar-refractivity contribution in [2.45, 2.75) is 24.8 Å². The zero-order valence-electron chi connectivity index (χ0n) is 23.8. The van der Waals surface area contributed by atoms with Crippen LogP contribution < -0.4 is 10.6 Å². The Bertz CT molecular complexity index is 1850. The zero-order chi connectivity index (χ0) is 32.0. The van der Waals surface area contributed by atoms with Gasteiger partial charge in [0.15, 0.2) is 11.0 Å². The average Bonchev–Trinajstić information content (AvgIpc) is 3.45. The lowest BCUT2D eigenvalue weighted by Gasteiger charge is -2.14. The van der Waals surface area contributed by atoms with Crippen LogP contribution in [0.4, 0.5) is 18.9 Å². The second kappa shape index (κ2) is 13.6. The van der Waals surface area contributed by atoms with Gasteiger partial charge in [-0.05, 0) is 66.2 Å². The summed E-state index contributed by atoms with van der Waals surface area (Å²) in [7, 11) is 0. The second-order valence-corrected chi connectivity index (χ2v) is 10.6. The number of hydrogen-bond donors (Lipinski definition) is 2. The van der Waals surface area contributed by atoms with Crippen LogP contribution in [0.5, 0.6) is 0 Å². The molecular formula is C32H26F3N5O4S. The van der Waals surface area contributed by atoms with Crippen molar-refractivity contribution in [3.05, 3.63) is 114 Å². The molecular weight excluding hydrogens is 607 g/mol. The lowest BCUT2D eigenvalue weighted by molar-refractivity contribution is -0.137. The Morgan fingerprint density at radius 2 is 1.64 bits per heavy atom. The molecule has 0 radical (unpaired) electrons. The molecule has 2 N–H and O–H groups in total. The molecule has 1 aromatic heterocycles. The van der Waals surface area contributed by atoms with Crippen molar-refractivity contribution in [3.63, 3.8) is 0 Å². The third-order valence-electron chi connectivity index (χ3n) is 6.59. The molecule has 0 aliphatic heterocycles. The van der Waals surface area contributed by atoms with Crippen molar-refractivity contribution in [3.8, 4) is 5.69 Å². The Labute approximate surface area is 259 Å². The van der Waals surface area contributed by atoms with Gasteiger partial charge in [-0.1, -0.05) is 54.2 Å². The fraction of sp³-hybridized carbons (Fsp3) is 0.156. The van der Waals surface area contributed by atoms with Crippen molar-refractivity contribution in [2.75, 3.05) is 17.7 Å². The maximum Gasteiger partial charge on any atom is 0.416 e. The first-order valence-electron chi connectivity index (χ1n) is 13.7. The van der Waals surface area contributed by atoms with Crippen LogP contribution in [0.25, 0.3) is 16.5 Å². The van der Waals surface area contributed by atoms with E-state index in [1.54, 1.807) is 31.2 Å². The maximum absolute atomic E-state index is 13.6. The van der Waals surface area contributed by atoms with E-state index in [1.807, 2.05) is 30.3 Å². The molecule has 2 amide bonds. The standard InChI is InChI=1S/C32H26F3N5O4S/c1-2-44-30(43)21-13-15-23(16-14-21)37-28(41)19-45-31-39-38-27(40(31)24-10-6-9-22(17-24)32(33,34)35)18-36-29(42)26-12-5-8-20-7-3-4-11-25(20)26/h3-17H,2,18-19H2,1H3,(H,36,42)(H,37,41). The van der Waals surface area contributed by atoms with Gasteiger partial charge in [0.05, 0.1) is 35.7 Å². The van der Waals surface area contributed by atoms with Gasteiger partial charge in [0, 0.05) is 11.3 Å². The summed E-state index contributed by atoms with van der Waals surface area (Å²) < 4.78 is 47.0. The number of alkyl halides is 3. The summed E-state index contributed by atoms with van der Waals surface area (Å²) in [5.74, 6) is -1.29. The molecule has 0 saturated heterocycles. The Morgan fingerprint density at radius 3 is 2.40 bits per heavy atom. The van der Waals surface area contributed by atoms with Gasteiger partial charge in [-0.15, -0.1) is 10.2 Å². The highest BCUT2D eigenvalue weighted by molar-refractivity contribution is 7.99. The predicted molar refractivity (Wildman–Crippen MR) is 163 cm³/mol. The topological polar surface area (TPSA) is 115 Å². The van der Waals surface area contributed by atoms with Gasteiger partial charge in [0.1, 0.15) is 0 Å². The number of benzene rings is 4. The van der Waals surface area contributed by atoms with Crippen LogP contribution in [0.15, 0.2) is 96.2 Å². The number of esters is 1. The molecule has 1 heterocycles. The van der Waals surface area contributed by atoms with Crippen LogP contribution in [0, 0.1) is 0 Å². The number of nitrogens with one attached hydrogen (secondary N) is 2. The summed E-state index contributed by atoms with van der Waals surface area (Å²) in [5.41, 5.74) is 0.434. The molecule has 9 nitrogen and oxygen atoms in total. The van der Waals surface area contributed by atoms with E-state index in [-0.39, 0.29) is 35.6 Å². The summed E-state index contributed by atoms with van der Waals surface area (Å²) in [6, 6.07) is 23.5. The van der Waals surface area contributed by atoms with E-state index >= 15 is 0 Å². The second-order valence-electron chi connectivity index (χ2n) is 9.63. The highest BCUT2D eigenvalue weighted by atomic mass is 32.2. The van der Waals surface area contributed by atoms with Gasteiger partial charge in [0.2, 0.25) is 5.91 Å². The highest BCUT2D eigenvalue weighted by Crippen LogP contribution is 2.32. The Morgan fingerprint density at radius 1 is 0.911 bits per heavy atom. The molecule has 0 atom stereocenters. The fourth-order valence-corrected chi connectivity index (χ4v) is 5.27. The van der Waals surface area contributed by atoms with Gasteiger partial charge in [0.25, 0.3) is 5.91 Å². The monoisotopic (exact) mass is 633 g/mol. The van der Waals surface area contributed by atoms with Crippen LogP contribution in [0.2, 0.25) is 0 Å². The number of aromatic nitrogens is 3. The molecule has 0 aliphatic carbocycles. The van der Waals surface area contributed by atoms with Gasteiger partial charge in [-0.2, -0.15) is 13.2 Å². The fourth-order valence-electron chi connectivity index (χ4n) is 4.50. The maximum atomic E-state index is 13.6. The predicted octanol–water partition coefficient (Wildman–Crippen LogP) is 6.28. The summed E-state index contributed by atoms with van der Waals surface area (Å²) in [6.07, 6.45) is -4.59. The minimum Gasteiger partial charge on any atom is -0.462 e. The van der Waals surface area contributed by atoms with Crippen LogP contribution in [0.3, 0.4) is 0 Å². The number of carbonyl (C=O) groups excluding carboxylic acids is 3. The molecule has 0 bridgehead atoms. The first-order chi connectivity index (χ1) is 21.6. The number of fused-ring (bicyclic) bond motifs is 1. The lowest BCUT2D eigenvalue weighted by atomic mass is 10.0. The lowest BCUT2D eigenvalue weighted by Crippen LogP contribution is -2.25. The van der Waals surface area contributed by atoms with Crippen molar-refractivity contribution in [1.29, 1.82) is 0 Å². The number of nitrogens with zero attached hydrogens (tertiary/aromatic N) is 3. The molecule has 0 fully saturated rings. The van der Waals surface area contributed by atoms with Crippen LogP contribution in [0.1, 0.15) is 39.0 Å². The third-order valence-corrected chi connectivity index (χ3v) is 7.51. The number of halogens is 3. The molecule has 4 aromatic carbocycles. The van der Waals surface area contributed by atoms with E-state index in [1.165, 1.54) is 28.8 Å². The van der Waals surface area contributed by atoms with E-state index in [2.05, 4.69) is 20.8 Å². The molecule has 230 valence electrons. The van der Waals surface area contributed by atoms with Gasteiger partial charge >= 0.3 is 12.1 Å². The Hall–Kier alpha value is -5.17. The normalized spacial score (nSPS) is 11.3. The molecule has 0 spiro atoms. The zero-order valence-corrected chi connectivity index (χ0v) is 24.6. The van der Waals surface area contributed by atoms with Crippen LogP contribution in [-0.4, -0.2) is 44.9 Å². The average molecular weight is 634 g/mol. The molecule has 13 heteroatoms. The summed E-state index contributed by atoms with van der Waals surface area (Å²) >= 11 is 0.960. The Balaban J connectivity index is 1.35. The van der Waals surface area contributed by atoms with Crippen molar-refractivity contribution in [1.82, 2.24) is 20.1 Å². The van der Waals surface area contributed by atoms with Crippen LogP contribution >= 0.6 is 11.8 Å². The largest absolute Gasteiger partial charge is 0.462 e. The quantitative estimate of drug-likeness (QED) is 0.138. The molecule has 5 rings (SSSR count). The Kier molecular flexibility index (Phi) is 9.48. The first-order valence-corrected chi connectivity index (χ1v) is 14.7. The minimum absolute atomic E-state index is 0.113. The smallest absolute Gasteiger partial charge is 0.416 e. The van der Waals surface area contributed by atoms with Gasteiger partial charge < -0.3 is 15.4 Å². The SMILES string of the molecule is CCOC(=O)c1ccc(NC(=O)CSc2nnc(CNC(=O)c3cccc4ccccc34)n2-c2cccc(C(F)(F)F)c2)cc1. The van der Waals surface area contributed by atoms with Gasteiger partial charge in [-0.3, -0.25) is 14.2 Å². The molecule has 0 saturated carbocycles. The van der Waals surface area contributed by atoms with E-state index in [0.29, 0.717) is 16.8 Å². The molecule has 0 unspecified atom stereocenters. The van der Waals surface area contributed by atoms with E-state index in [0.717, 1.165) is 34.7 Å². The summed E-state index contributed by atoms with van der Waals surface area (Å²) in [6.45, 7) is 1.78. The van der Waals surface area contributed by atoms with E-state index in [9.17, 15) is 27.6 Å². The number of anilines is 1. The van der Waals surface area contributed by atoms with Crippen LogP contribution in [-0.2, 0) is 22.3 Å². The molecule has 0 aliphatic rings. The number of carbonyl (C=O) groups is 3. The molecule has 45 heavy (non-hydrogen) atoms. The van der Waals surface area contributed by atoms with Crippen molar-refractivity contribution >= 4 is 46.0 Å². The number of hydrogen-bond acceptors (Lipinski definition) is 7. The van der Waals surface area contributed by atoms with Gasteiger partial charge in [-0.25, -0.2) is 4.79 Å². The number of amides is 2. The first kappa shape index (κ1) is 31.3. The minimum atomic E-state index is -4.59. The molecule has 5 aromatic rings. The highest BCUT2D eigenvalue weighted by Gasteiger charge is 2.31. The van der Waals surface area contributed by atoms with Crippen molar-refractivity contribution in [2.24, 2.45) is 0 Å². The summed E-state index contributed by atoms with van der Waals surface area (Å²) in [5, 5.41) is 15.5. The van der Waals surface area contributed by atoms with Crippen molar-refractivity contribution < 1.29 is 32.3 Å².